The van der Waals surface area contributed by atoms with Gasteiger partial charge in [0, 0.05) is 41.1 Å². The molecular weight excluding hydrogens is 428 g/mol. The fraction of sp³-hybridized carbons (Fsp3) is 0.407. The minimum Gasteiger partial charge on any atom is -0.382 e. The molecule has 0 spiro atoms. The van der Waals surface area contributed by atoms with Gasteiger partial charge in [-0.3, -0.25) is 4.79 Å². The molecule has 0 aliphatic carbocycles. The minimum absolute atomic E-state index is 0.0349. The summed E-state index contributed by atoms with van der Waals surface area (Å²) >= 11 is 1.63. The molecule has 1 unspecified atom stereocenters. The largest absolute Gasteiger partial charge is 0.382 e. The Morgan fingerprint density at radius 2 is 2.00 bits per heavy atom. The van der Waals surface area contributed by atoms with E-state index in [1.54, 1.807) is 11.3 Å². The Morgan fingerprint density at radius 3 is 2.76 bits per heavy atom. The normalized spacial score (nSPS) is 15.3. The first-order valence-corrected chi connectivity index (χ1v) is 12.7. The van der Waals surface area contributed by atoms with Crippen LogP contribution in [0.1, 0.15) is 54.5 Å². The van der Waals surface area contributed by atoms with Crippen LogP contribution in [-0.4, -0.2) is 36.2 Å². The summed E-state index contributed by atoms with van der Waals surface area (Å²) in [5.74, 6) is 0.105. The number of benzene rings is 1. The summed E-state index contributed by atoms with van der Waals surface area (Å²) in [4.78, 5) is 15.9. The first-order chi connectivity index (χ1) is 16.1. The molecular formula is C27H36N4OS. The number of nitrogens with zero attached hydrogens (tertiary/aromatic N) is 1. The van der Waals surface area contributed by atoms with Gasteiger partial charge in [0.2, 0.25) is 5.91 Å². The summed E-state index contributed by atoms with van der Waals surface area (Å²) < 4.78 is 0. The lowest BCUT2D eigenvalue weighted by molar-refractivity contribution is -0.130. The number of amides is 1. The van der Waals surface area contributed by atoms with Gasteiger partial charge >= 0.3 is 0 Å². The highest BCUT2D eigenvalue weighted by atomic mass is 32.1. The van der Waals surface area contributed by atoms with Crippen molar-refractivity contribution in [2.45, 2.75) is 57.5 Å². The van der Waals surface area contributed by atoms with E-state index >= 15 is 0 Å². The maximum atomic E-state index is 12.8. The van der Waals surface area contributed by atoms with Crippen molar-refractivity contribution in [3.8, 4) is 0 Å². The van der Waals surface area contributed by atoms with Crippen LogP contribution >= 0.6 is 11.3 Å². The lowest BCUT2D eigenvalue weighted by Gasteiger charge is -2.27. The number of thiophene rings is 1. The van der Waals surface area contributed by atoms with E-state index in [1.807, 2.05) is 16.3 Å². The minimum atomic E-state index is 0.0349. The number of likely N-dealkylation sites (tertiary alicyclic amines) is 1. The lowest BCUT2D eigenvalue weighted by atomic mass is 10.1. The van der Waals surface area contributed by atoms with E-state index in [2.05, 4.69) is 54.1 Å². The SMILES string of the molecule is C=C(CCCCCc1ccccc1)NCC(=O)N1CCCC1C(=C)NCc1cc(C=N)cs1. The highest BCUT2D eigenvalue weighted by molar-refractivity contribution is 7.10. The highest BCUT2D eigenvalue weighted by Crippen LogP contribution is 2.22. The van der Waals surface area contributed by atoms with Gasteiger partial charge in [-0.15, -0.1) is 11.3 Å². The number of allylic oxidation sites excluding steroid dienone is 1. The van der Waals surface area contributed by atoms with Gasteiger partial charge in [-0.05, 0) is 55.5 Å². The third-order valence-electron chi connectivity index (χ3n) is 6.08. The van der Waals surface area contributed by atoms with E-state index in [0.29, 0.717) is 13.1 Å². The number of nitrogens with one attached hydrogen (secondary N) is 3. The fourth-order valence-electron chi connectivity index (χ4n) is 4.19. The van der Waals surface area contributed by atoms with Gasteiger partial charge in [0.1, 0.15) is 0 Å². The van der Waals surface area contributed by atoms with Crippen LogP contribution in [0.5, 0.6) is 0 Å². The third-order valence-corrected chi connectivity index (χ3v) is 7.04. The van der Waals surface area contributed by atoms with Crippen molar-refractivity contribution in [1.29, 1.82) is 5.41 Å². The van der Waals surface area contributed by atoms with Crippen molar-refractivity contribution >= 4 is 23.5 Å². The van der Waals surface area contributed by atoms with E-state index in [4.69, 9.17) is 5.41 Å². The van der Waals surface area contributed by atoms with Crippen LogP contribution in [0.3, 0.4) is 0 Å². The van der Waals surface area contributed by atoms with Gasteiger partial charge in [0.15, 0.2) is 0 Å². The average molecular weight is 465 g/mol. The smallest absolute Gasteiger partial charge is 0.242 e. The predicted octanol–water partition coefficient (Wildman–Crippen LogP) is 5.25. The molecule has 1 fully saturated rings. The Balaban J connectivity index is 1.33. The number of carbonyl (C=O) groups is 1. The summed E-state index contributed by atoms with van der Waals surface area (Å²) in [6, 6.07) is 12.6. The van der Waals surface area contributed by atoms with Gasteiger partial charge in [0.05, 0.1) is 12.6 Å². The van der Waals surface area contributed by atoms with E-state index in [1.165, 1.54) is 18.2 Å². The summed E-state index contributed by atoms with van der Waals surface area (Å²) in [7, 11) is 0. The first-order valence-electron chi connectivity index (χ1n) is 11.8. The van der Waals surface area contributed by atoms with Crippen molar-refractivity contribution in [2.75, 3.05) is 13.1 Å². The number of hydrogen-bond donors (Lipinski definition) is 3. The maximum Gasteiger partial charge on any atom is 0.242 e. The second-order valence-electron chi connectivity index (χ2n) is 8.62. The Kier molecular flexibility index (Phi) is 9.76. The highest BCUT2D eigenvalue weighted by Gasteiger charge is 2.30. The Bertz CT molecular complexity index is 937. The molecule has 3 N–H and O–H groups in total. The number of hydrogen-bond acceptors (Lipinski definition) is 5. The second-order valence-corrected chi connectivity index (χ2v) is 9.61. The van der Waals surface area contributed by atoms with Crippen LogP contribution in [0.2, 0.25) is 0 Å². The molecule has 1 aromatic carbocycles. The molecule has 0 bridgehead atoms. The van der Waals surface area contributed by atoms with Crippen LogP contribution in [0.25, 0.3) is 0 Å². The summed E-state index contributed by atoms with van der Waals surface area (Å²) in [6.07, 6.45) is 8.73. The van der Waals surface area contributed by atoms with E-state index < -0.39 is 0 Å². The zero-order valence-corrected chi connectivity index (χ0v) is 20.3. The molecule has 1 aliphatic heterocycles. The van der Waals surface area contributed by atoms with E-state index in [9.17, 15) is 4.79 Å². The molecule has 1 atom stereocenters. The molecule has 2 heterocycles. The molecule has 3 rings (SSSR count). The zero-order valence-electron chi connectivity index (χ0n) is 19.4. The first kappa shape index (κ1) is 24.8. The van der Waals surface area contributed by atoms with Crippen molar-refractivity contribution in [3.05, 3.63) is 82.3 Å². The Morgan fingerprint density at radius 1 is 1.18 bits per heavy atom. The number of aryl methyl sites for hydroxylation is 1. The van der Waals surface area contributed by atoms with Crippen LogP contribution in [0.15, 0.2) is 66.3 Å². The zero-order chi connectivity index (χ0) is 23.5. The molecule has 176 valence electrons. The van der Waals surface area contributed by atoms with Gasteiger partial charge in [-0.25, -0.2) is 0 Å². The third kappa shape index (κ3) is 7.90. The van der Waals surface area contributed by atoms with Gasteiger partial charge in [-0.1, -0.05) is 49.9 Å². The van der Waals surface area contributed by atoms with Gasteiger partial charge < -0.3 is 20.9 Å². The molecule has 1 amide bonds. The average Bonchev–Trinajstić information content (AvgIpc) is 3.51. The predicted molar refractivity (Wildman–Crippen MR) is 139 cm³/mol. The van der Waals surface area contributed by atoms with Crippen LogP contribution in [0, 0.1) is 5.41 Å². The molecule has 5 nitrogen and oxygen atoms in total. The molecule has 1 saturated heterocycles. The molecule has 0 radical (unpaired) electrons. The molecule has 1 aromatic heterocycles. The molecule has 2 aromatic rings. The Labute approximate surface area is 202 Å². The van der Waals surface area contributed by atoms with Crippen molar-refractivity contribution < 1.29 is 4.79 Å². The van der Waals surface area contributed by atoms with Crippen LogP contribution in [0.4, 0.5) is 0 Å². The van der Waals surface area contributed by atoms with Gasteiger partial charge in [-0.2, -0.15) is 0 Å². The Hall–Kier alpha value is -2.86. The second kappa shape index (κ2) is 13.0. The van der Waals surface area contributed by atoms with E-state index in [0.717, 1.165) is 66.9 Å². The molecule has 0 saturated carbocycles. The summed E-state index contributed by atoms with van der Waals surface area (Å²) in [6.45, 7) is 10.1. The summed E-state index contributed by atoms with van der Waals surface area (Å²) in [5, 5.41) is 15.9. The molecule has 6 heteroatoms. The monoisotopic (exact) mass is 464 g/mol. The van der Waals surface area contributed by atoms with Crippen LogP contribution < -0.4 is 10.6 Å². The lowest BCUT2D eigenvalue weighted by Crippen LogP contribution is -2.43. The summed E-state index contributed by atoms with van der Waals surface area (Å²) in [5.41, 5.74) is 4.14. The number of unbranched alkanes of at least 4 members (excludes halogenated alkanes) is 2. The fourth-order valence-corrected chi connectivity index (χ4v) is 4.97. The van der Waals surface area contributed by atoms with Crippen molar-refractivity contribution in [1.82, 2.24) is 15.5 Å². The van der Waals surface area contributed by atoms with Crippen molar-refractivity contribution in [3.63, 3.8) is 0 Å². The van der Waals surface area contributed by atoms with Crippen LogP contribution in [-0.2, 0) is 17.8 Å². The standard InChI is InChI=1S/C27H36N4OS/c1-21(10-5-3-6-11-23-12-7-4-8-13-23)29-19-27(32)31-15-9-14-26(31)22(2)30-18-25-16-24(17-28)20-33-25/h4,7-8,12-13,16-17,20,26,28-30H,1-3,5-6,9-11,14-15,18-19H2. The van der Waals surface area contributed by atoms with Gasteiger partial charge in [0.25, 0.3) is 0 Å². The molecule has 33 heavy (non-hydrogen) atoms. The number of rotatable bonds is 14. The number of carbonyl (C=O) groups excluding carboxylic acids is 1. The quantitative estimate of drug-likeness (QED) is 0.264. The molecule has 1 aliphatic rings. The van der Waals surface area contributed by atoms with E-state index in [-0.39, 0.29) is 11.9 Å². The topological polar surface area (TPSA) is 68.2 Å². The maximum absolute atomic E-state index is 12.8. The van der Waals surface area contributed by atoms with Crippen molar-refractivity contribution in [2.24, 2.45) is 0 Å².